The van der Waals surface area contributed by atoms with Crippen molar-refractivity contribution >= 4 is 31.9 Å². The summed E-state index contributed by atoms with van der Waals surface area (Å²) in [5.74, 6) is 2.01. The molecule has 3 aliphatic carbocycles. The fourth-order valence-corrected chi connectivity index (χ4v) is 3.12. The Hall–Kier alpha value is 0.960. The quantitative estimate of drug-likeness (QED) is 0.582. The fraction of sp³-hybridized carbons (Fsp3) is 1.00. The van der Waals surface area contributed by atoms with Crippen molar-refractivity contribution in [2.45, 2.75) is 28.9 Å². The molecule has 0 aromatic rings. The molecule has 0 N–H and O–H groups in total. The van der Waals surface area contributed by atoms with Gasteiger partial charge in [0.15, 0.2) is 0 Å². The van der Waals surface area contributed by atoms with Crippen LogP contribution in [0.1, 0.15) is 25.7 Å². The molecular formula is C7H10Br2. The van der Waals surface area contributed by atoms with Crippen LogP contribution in [-0.4, -0.2) is 3.23 Å². The summed E-state index contributed by atoms with van der Waals surface area (Å²) in [7, 11) is 0. The first kappa shape index (κ1) is 6.66. The van der Waals surface area contributed by atoms with Gasteiger partial charge in [-0.3, -0.25) is 0 Å². The summed E-state index contributed by atoms with van der Waals surface area (Å²) in [6.45, 7) is 0. The summed E-state index contributed by atoms with van der Waals surface area (Å²) in [5, 5.41) is 0. The Balaban J connectivity index is 2.10. The van der Waals surface area contributed by atoms with Gasteiger partial charge in [-0.25, -0.2) is 0 Å². The maximum atomic E-state index is 3.71. The summed E-state index contributed by atoms with van der Waals surface area (Å²) in [6, 6.07) is 0. The number of fused-ring (bicyclic) bond motifs is 2. The summed E-state index contributed by atoms with van der Waals surface area (Å²) < 4.78 is 0.328. The molecule has 0 heterocycles. The molecule has 3 aliphatic rings. The van der Waals surface area contributed by atoms with E-state index in [9.17, 15) is 0 Å². The van der Waals surface area contributed by atoms with Gasteiger partial charge in [-0.05, 0) is 37.5 Å². The van der Waals surface area contributed by atoms with Crippen LogP contribution in [0.25, 0.3) is 0 Å². The first-order valence-electron chi connectivity index (χ1n) is 3.56. The van der Waals surface area contributed by atoms with Gasteiger partial charge >= 0.3 is 0 Å². The molecule has 0 aromatic carbocycles. The van der Waals surface area contributed by atoms with Crippen LogP contribution in [0.3, 0.4) is 0 Å². The molecule has 0 amide bonds. The Morgan fingerprint density at radius 2 is 1.89 bits per heavy atom. The van der Waals surface area contributed by atoms with Crippen molar-refractivity contribution in [3.8, 4) is 0 Å². The van der Waals surface area contributed by atoms with Crippen LogP contribution in [0.2, 0.25) is 0 Å². The van der Waals surface area contributed by atoms with Gasteiger partial charge in [0.2, 0.25) is 0 Å². The Bertz CT molecular complexity index is 122. The monoisotopic (exact) mass is 252 g/mol. The van der Waals surface area contributed by atoms with Gasteiger partial charge in [0.05, 0.1) is 3.23 Å². The highest BCUT2D eigenvalue weighted by atomic mass is 79.9. The minimum Gasteiger partial charge on any atom is -0.0724 e. The summed E-state index contributed by atoms with van der Waals surface area (Å²) >= 11 is 7.42. The lowest BCUT2D eigenvalue weighted by Crippen LogP contribution is -2.42. The van der Waals surface area contributed by atoms with Gasteiger partial charge in [-0.1, -0.05) is 31.9 Å². The van der Waals surface area contributed by atoms with E-state index >= 15 is 0 Å². The zero-order valence-electron chi connectivity index (χ0n) is 5.24. The summed E-state index contributed by atoms with van der Waals surface area (Å²) in [6.07, 6.45) is 5.66. The predicted molar refractivity (Wildman–Crippen MR) is 46.0 cm³/mol. The number of rotatable bonds is 0. The average Bonchev–Trinajstić information content (AvgIpc) is 1.58. The third-order valence-electron chi connectivity index (χ3n) is 2.72. The third-order valence-corrected chi connectivity index (χ3v) is 4.81. The molecular weight excluding hydrogens is 244 g/mol. The lowest BCUT2D eigenvalue weighted by Gasteiger charge is -2.49. The van der Waals surface area contributed by atoms with Crippen molar-refractivity contribution in [3.05, 3.63) is 0 Å². The van der Waals surface area contributed by atoms with Crippen LogP contribution in [0, 0.1) is 11.8 Å². The number of halogens is 2. The first-order valence-corrected chi connectivity index (χ1v) is 5.15. The Kier molecular flexibility index (Phi) is 1.46. The van der Waals surface area contributed by atoms with Crippen LogP contribution in [-0.2, 0) is 0 Å². The zero-order valence-corrected chi connectivity index (χ0v) is 8.41. The van der Waals surface area contributed by atoms with Gasteiger partial charge in [0.25, 0.3) is 0 Å². The van der Waals surface area contributed by atoms with Crippen molar-refractivity contribution in [2.75, 3.05) is 0 Å². The molecule has 2 heteroatoms. The lowest BCUT2D eigenvalue weighted by molar-refractivity contribution is 0.116. The van der Waals surface area contributed by atoms with E-state index in [1.165, 1.54) is 25.7 Å². The highest BCUT2D eigenvalue weighted by molar-refractivity contribution is 9.25. The van der Waals surface area contributed by atoms with E-state index in [1.54, 1.807) is 0 Å². The molecule has 3 saturated carbocycles. The van der Waals surface area contributed by atoms with Crippen LogP contribution < -0.4 is 0 Å². The van der Waals surface area contributed by atoms with Crippen LogP contribution in [0.15, 0.2) is 0 Å². The van der Waals surface area contributed by atoms with Crippen molar-refractivity contribution in [2.24, 2.45) is 11.8 Å². The minimum absolute atomic E-state index is 0.328. The van der Waals surface area contributed by atoms with Crippen LogP contribution in [0.5, 0.6) is 0 Å². The van der Waals surface area contributed by atoms with Crippen molar-refractivity contribution in [1.29, 1.82) is 0 Å². The highest BCUT2D eigenvalue weighted by Gasteiger charge is 2.47. The van der Waals surface area contributed by atoms with E-state index in [1.807, 2.05) is 0 Å². The summed E-state index contributed by atoms with van der Waals surface area (Å²) in [4.78, 5) is 0. The Morgan fingerprint density at radius 3 is 2.11 bits per heavy atom. The molecule has 3 fully saturated rings. The standard InChI is InChI=1S/C7H10Br2/c8-7(9)2-1-5-3-6(7)4-5/h5-6H,1-4H2. The van der Waals surface area contributed by atoms with E-state index in [0.717, 1.165) is 11.8 Å². The second-order valence-electron chi connectivity index (χ2n) is 3.33. The second kappa shape index (κ2) is 1.97. The predicted octanol–water partition coefficient (Wildman–Crippen LogP) is 3.29. The normalized spacial score (nSPS) is 46.0. The second-order valence-corrected chi connectivity index (χ2v) is 7.23. The molecule has 0 atom stereocenters. The molecule has 0 aromatic heterocycles. The number of hydrogen-bond acceptors (Lipinski definition) is 0. The Labute approximate surface area is 72.7 Å². The van der Waals surface area contributed by atoms with Gasteiger partial charge in [-0.15, -0.1) is 0 Å². The van der Waals surface area contributed by atoms with Crippen LogP contribution in [0.4, 0.5) is 0 Å². The molecule has 0 radical (unpaired) electrons. The summed E-state index contributed by atoms with van der Waals surface area (Å²) in [5.41, 5.74) is 0. The molecule has 9 heavy (non-hydrogen) atoms. The van der Waals surface area contributed by atoms with Crippen molar-refractivity contribution < 1.29 is 0 Å². The lowest BCUT2D eigenvalue weighted by atomic mass is 9.65. The van der Waals surface area contributed by atoms with Gasteiger partial charge in [-0.2, -0.15) is 0 Å². The molecule has 0 unspecified atom stereocenters. The molecule has 3 rings (SSSR count). The SMILES string of the molecule is BrC1(Br)CCC2CC1C2. The smallest absolute Gasteiger partial charge is 0.0724 e. The van der Waals surface area contributed by atoms with E-state index < -0.39 is 0 Å². The fourth-order valence-electron chi connectivity index (χ4n) is 1.92. The maximum absolute atomic E-state index is 3.71. The van der Waals surface area contributed by atoms with E-state index in [0.29, 0.717) is 3.23 Å². The van der Waals surface area contributed by atoms with E-state index in [-0.39, 0.29) is 0 Å². The molecule has 0 saturated heterocycles. The topological polar surface area (TPSA) is 0 Å². The van der Waals surface area contributed by atoms with Crippen molar-refractivity contribution in [1.82, 2.24) is 0 Å². The van der Waals surface area contributed by atoms with Crippen molar-refractivity contribution in [3.63, 3.8) is 0 Å². The number of alkyl halides is 2. The van der Waals surface area contributed by atoms with Gasteiger partial charge in [0.1, 0.15) is 0 Å². The van der Waals surface area contributed by atoms with Crippen LogP contribution >= 0.6 is 31.9 Å². The van der Waals surface area contributed by atoms with Gasteiger partial charge < -0.3 is 0 Å². The Morgan fingerprint density at radius 1 is 1.22 bits per heavy atom. The molecule has 0 aliphatic heterocycles. The maximum Gasteiger partial charge on any atom is 0.0833 e. The molecule has 0 nitrogen and oxygen atoms in total. The van der Waals surface area contributed by atoms with Gasteiger partial charge in [0, 0.05) is 0 Å². The average molecular weight is 254 g/mol. The molecule has 2 bridgehead atoms. The zero-order chi connectivity index (χ0) is 6.48. The third kappa shape index (κ3) is 0.988. The van der Waals surface area contributed by atoms with E-state index in [2.05, 4.69) is 31.9 Å². The number of hydrogen-bond donors (Lipinski definition) is 0. The molecule has 0 spiro atoms. The van der Waals surface area contributed by atoms with E-state index in [4.69, 9.17) is 0 Å². The highest BCUT2D eigenvalue weighted by Crippen LogP contribution is 2.57. The molecule has 52 valence electrons. The minimum atomic E-state index is 0.328. The first-order chi connectivity index (χ1) is 4.18. The largest absolute Gasteiger partial charge is 0.0833 e.